The molecule has 0 aromatic heterocycles. The van der Waals surface area contributed by atoms with Crippen LogP contribution in [0.1, 0.15) is 52.5 Å². The van der Waals surface area contributed by atoms with Gasteiger partial charge in [0.25, 0.3) is 0 Å². The van der Waals surface area contributed by atoms with E-state index in [0.29, 0.717) is 6.04 Å². The van der Waals surface area contributed by atoms with E-state index in [2.05, 4.69) is 48.9 Å². The summed E-state index contributed by atoms with van der Waals surface area (Å²) in [4.78, 5) is 0. The SMILES string of the molecule is CCCNC(CCCc1ccc(Br)cc1F)C(C)(C)C. The summed E-state index contributed by atoms with van der Waals surface area (Å²) < 4.78 is 14.6. The molecule has 1 aromatic carbocycles. The number of nitrogens with one attached hydrogen (secondary N) is 1. The molecular formula is C17H27BrFN. The van der Waals surface area contributed by atoms with E-state index in [4.69, 9.17) is 0 Å². The summed E-state index contributed by atoms with van der Waals surface area (Å²) in [7, 11) is 0. The van der Waals surface area contributed by atoms with E-state index in [1.807, 2.05) is 12.1 Å². The lowest BCUT2D eigenvalue weighted by Gasteiger charge is -2.32. The first-order chi connectivity index (χ1) is 9.34. The maximum atomic E-state index is 13.8. The first-order valence-corrected chi connectivity index (χ1v) is 8.31. The maximum absolute atomic E-state index is 13.8. The van der Waals surface area contributed by atoms with Gasteiger partial charge in [0.15, 0.2) is 0 Å². The standard InChI is InChI=1S/C17H27BrFN/c1-5-11-20-16(17(2,3)4)8-6-7-13-9-10-14(18)12-15(13)19/h9-10,12,16,20H,5-8,11H2,1-4H3. The molecule has 1 aromatic rings. The van der Waals surface area contributed by atoms with Crippen LogP contribution in [-0.4, -0.2) is 12.6 Å². The summed E-state index contributed by atoms with van der Waals surface area (Å²) in [6, 6.07) is 5.83. The van der Waals surface area contributed by atoms with Gasteiger partial charge in [-0.05, 0) is 55.3 Å². The Morgan fingerprint density at radius 2 is 2.00 bits per heavy atom. The highest BCUT2D eigenvalue weighted by Crippen LogP contribution is 2.24. The van der Waals surface area contributed by atoms with Gasteiger partial charge in [-0.1, -0.05) is 49.7 Å². The van der Waals surface area contributed by atoms with Crippen LogP contribution >= 0.6 is 15.9 Å². The molecule has 0 fully saturated rings. The summed E-state index contributed by atoms with van der Waals surface area (Å²) in [5.74, 6) is -0.104. The zero-order valence-electron chi connectivity index (χ0n) is 13.1. The highest BCUT2D eigenvalue weighted by molar-refractivity contribution is 9.10. The fourth-order valence-electron chi connectivity index (χ4n) is 2.38. The third-order valence-electron chi connectivity index (χ3n) is 3.64. The Balaban J connectivity index is 2.51. The minimum Gasteiger partial charge on any atom is -0.313 e. The monoisotopic (exact) mass is 343 g/mol. The van der Waals surface area contributed by atoms with Crippen LogP contribution in [-0.2, 0) is 6.42 Å². The Hall–Kier alpha value is -0.410. The first-order valence-electron chi connectivity index (χ1n) is 7.52. The predicted octanol–water partition coefficient (Wildman–Crippen LogP) is 5.33. The number of rotatable bonds is 7. The Morgan fingerprint density at radius 3 is 2.55 bits per heavy atom. The third kappa shape index (κ3) is 5.92. The van der Waals surface area contributed by atoms with E-state index in [-0.39, 0.29) is 11.2 Å². The van der Waals surface area contributed by atoms with Crippen LogP contribution in [0, 0.1) is 11.2 Å². The number of aryl methyl sites for hydroxylation is 1. The summed E-state index contributed by atoms with van der Waals surface area (Å²) in [6.07, 6.45) is 4.05. The maximum Gasteiger partial charge on any atom is 0.127 e. The van der Waals surface area contributed by atoms with Crippen molar-refractivity contribution in [2.24, 2.45) is 5.41 Å². The van der Waals surface area contributed by atoms with Crippen LogP contribution in [0.4, 0.5) is 4.39 Å². The highest BCUT2D eigenvalue weighted by Gasteiger charge is 2.23. The molecule has 1 nitrogen and oxygen atoms in total. The van der Waals surface area contributed by atoms with Crippen LogP contribution in [0.25, 0.3) is 0 Å². The molecular weight excluding hydrogens is 317 g/mol. The predicted molar refractivity (Wildman–Crippen MR) is 88.6 cm³/mol. The zero-order valence-corrected chi connectivity index (χ0v) is 14.7. The highest BCUT2D eigenvalue weighted by atomic mass is 79.9. The number of halogens is 2. The van der Waals surface area contributed by atoms with Gasteiger partial charge in [0.2, 0.25) is 0 Å². The number of benzene rings is 1. The second-order valence-corrected chi connectivity index (χ2v) is 7.42. The van der Waals surface area contributed by atoms with Crippen LogP contribution in [0.15, 0.2) is 22.7 Å². The van der Waals surface area contributed by atoms with Gasteiger partial charge in [-0.3, -0.25) is 0 Å². The Morgan fingerprint density at radius 1 is 1.30 bits per heavy atom. The second kappa shape index (κ2) is 8.14. The molecule has 20 heavy (non-hydrogen) atoms. The van der Waals surface area contributed by atoms with E-state index >= 15 is 0 Å². The van der Waals surface area contributed by atoms with Gasteiger partial charge in [0.1, 0.15) is 5.82 Å². The van der Waals surface area contributed by atoms with E-state index in [1.165, 1.54) is 0 Å². The zero-order chi connectivity index (χ0) is 15.2. The van der Waals surface area contributed by atoms with Crippen molar-refractivity contribution < 1.29 is 4.39 Å². The molecule has 0 radical (unpaired) electrons. The summed E-state index contributed by atoms with van der Waals surface area (Å²) in [5, 5.41) is 3.62. The Labute approximate surface area is 131 Å². The average Bonchev–Trinajstić information content (AvgIpc) is 2.34. The van der Waals surface area contributed by atoms with Gasteiger partial charge in [-0.25, -0.2) is 4.39 Å². The van der Waals surface area contributed by atoms with Crippen molar-refractivity contribution in [3.05, 3.63) is 34.1 Å². The molecule has 0 aliphatic heterocycles. The molecule has 0 amide bonds. The van der Waals surface area contributed by atoms with Gasteiger partial charge >= 0.3 is 0 Å². The molecule has 0 heterocycles. The van der Waals surface area contributed by atoms with Crippen molar-refractivity contribution in [2.75, 3.05) is 6.54 Å². The molecule has 1 N–H and O–H groups in total. The molecule has 1 rings (SSSR count). The van der Waals surface area contributed by atoms with Gasteiger partial charge in [-0.2, -0.15) is 0 Å². The van der Waals surface area contributed by atoms with E-state index in [9.17, 15) is 4.39 Å². The van der Waals surface area contributed by atoms with E-state index in [0.717, 1.165) is 42.3 Å². The van der Waals surface area contributed by atoms with Gasteiger partial charge in [0, 0.05) is 10.5 Å². The van der Waals surface area contributed by atoms with Crippen molar-refractivity contribution in [1.82, 2.24) is 5.32 Å². The molecule has 0 saturated heterocycles. The largest absolute Gasteiger partial charge is 0.313 e. The van der Waals surface area contributed by atoms with Crippen molar-refractivity contribution >= 4 is 15.9 Å². The molecule has 3 heteroatoms. The van der Waals surface area contributed by atoms with Crippen LogP contribution in [0.3, 0.4) is 0 Å². The lowest BCUT2D eigenvalue weighted by molar-refractivity contribution is 0.251. The fraction of sp³-hybridized carbons (Fsp3) is 0.647. The topological polar surface area (TPSA) is 12.0 Å². The van der Waals surface area contributed by atoms with Gasteiger partial charge in [-0.15, -0.1) is 0 Å². The Kier molecular flexibility index (Phi) is 7.18. The average molecular weight is 344 g/mol. The van der Waals surface area contributed by atoms with Crippen LogP contribution in [0.5, 0.6) is 0 Å². The molecule has 1 unspecified atom stereocenters. The van der Waals surface area contributed by atoms with E-state index < -0.39 is 0 Å². The number of hydrogen-bond acceptors (Lipinski definition) is 1. The fourth-order valence-corrected chi connectivity index (χ4v) is 2.71. The summed E-state index contributed by atoms with van der Waals surface area (Å²) in [6.45, 7) is 10.0. The lowest BCUT2D eigenvalue weighted by Crippen LogP contribution is -2.40. The minimum atomic E-state index is -0.104. The quantitative estimate of drug-likeness (QED) is 0.705. The smallest absolute Gasteiger partial charge is 0.127 e. The molecule has 114 valence electrons. The lowest BCUT2D eigenvalue weighted by atomic mass is 9.83. The molecule has 0 bridgehead atoms. The van der Waals surface area contributed by atoms with Crippen molar-refractivity contribution in [3.63, 3.8) is 0 Å². The molecule has 0 saturated carbocycles. The second-order valence-electron chi connectivity index (χ2n) is 6.50. The summed E-state index contributed by atoms with van der Waals surface area (Å²) in [5.41, 5.74) is 1.06. The first kappa shape index (κ1) is 17.6. The normalized spacial score (nSPS) is 13.5. The molecule has 1 atom stereocenters. The molecule has 0 spiro atoms. The number of hydrogen-bond donors (Lipinski definition) is 1. The third-order valence-corrected chi connectivity index (χ3v) is 4.13. The van der Waals surface area contributed by atoms with Crippen LogP contribution in [0.2, 0.25) is 0 Å². The minimum absolute atomic E-state index is 0.104. The van der Waals surface area contributed by atoms with Gasteiger partial charge < -0.3 is 5.32 Å². The van der Waals surface area contributed by atoms with E-state index in [1.54, 1.807) is 6.07 Å². The van der Waals surface area contributed by atoms with Crippen molar-refractivity contribution in [3.8, 4) is 0 Å². The van der Waals surface area contributed by atoms with Crippen LogP contribution < -0.4 is 5.32 Å². The van der Waals surface area contributed by atoms with Crippen molar-refractivity contribution in [2.45, 2.75) is 59.4 Å². The molecule has 0 aliphatic rings. The summed E-state index contributed by atoms with van der Waals surface area (Å²) >= 11 is 3.29. The van der Waals surface area contributed by atoms with Crippen molar-refractivity contribution in [1.29, 1.82) is 0 Å². The Bertz CT molecular complexity index is 412. The molecule has 0 aliphatic carbocycles. The van der Waals surface area contributed by atoms with Gasteiger partial charge in [0.05, 0.1) is 0 Å².